The van der Waals surface area contributed by atoms with Gasteiger partial charge >= 0.3 is 0 Å². The molecule has 2 aromatic carbocycles. The van der Waals surface area contributed by atoms with E-state index in [4.69, 9.17) is 16.3 Å². The molecule has 4 nitrogen and oxygen atoms in total. The Balaban J connectivity index is 2.21. The summed E-state index contributed by atoms with van der Waals surface area (Å²) in [6, 6.07) is 19.7. The highest BCUT2D eigenvalue weighted by molar-refractivity contribution is 6.33. The molecule has 0 radical (unpaired) electrons. The molecule has 0 atom stereocenters. The minimum Gasteiger partial charge on any atom is -0.497 e. The fourth-order valence-electron chi connectivity index (χ4n) is 3.27. The standard InChI is InChI=1S/C22H18ClN3O/c1-3-18(16(12-24)13-25)21-19-6-4-5-7-20(19)26(22(21)23)14-15-8-10-17(27-2)11-9-15/h4-11H,3,14H2,1-2H3. The largest absolute Gasteiger partial charge is 0.497 e. The predicted octanol–water partition coefficient (Wildman–Crippen LogP) is 5.56. The Hall–Kier alpha value is -3.21. The van der Waals surface area contributed by atoms with Gasteiger partial charge in [0.25, 0.3) is 0 Å². The number of para-hydroxylation sites is 1. The second-order valence-corrected chi connectivity index (χ2v) is 6.41. The van der Waals surface area contributed by atoms with Crippen LogP contribution in [0.3, 0.4) is 0 Å². The van der Waals surface area contributed by atoms with Crippen LogP contribution in [0.2, 0.25) is 5.15 Å². The lowest BCUT2D eigenvalue weighted by atomic mass is 9.98. The van der Waals surface area contributed by atoms with Gasteiger partial charge in [-0.2, -0.15) is 10.5 Å². The summed E-state index contributed by atoms with van der Waals surface area (Å²) in [5.74, 6) is 0.798. The number of fused-ring (bicyclic) bond motifs is 1. The summed E-state index contributed by atoms with van der Waals surface area (Å²) < 4.78 is 7.22. The van der Waals surface area contributed by atoms with Crippen LogP contribution >= 0.6 is 11.6 Å². The zero-order chi connectivity index (χ0) is 19.4. The highest BCUT2D eigenvalue weighted by atomic mass is 35.5. The van der Waals surface area contributed by atoms with E-state index in [0.717, 1.165) is 27.8 Å². The van der Waals surface area contributed by atoms with Crippen LogP contribution in [0, 0.1) is 22.7 Å². The van der Waals surface area contributed by atoms with Crippen molar-refractivity contribution >= 4 is 28.1 Å². The lowest BCUT2D eigenvalue weighted by Gasteiger charge is -2.09. The van der Waals surface area contributed by atoms with E-state index in [1.54, 1.807) is 7.11 Å². The maximum Gasteiger partial charge on any atom is 0.133 e. The van der Waals surface area contributed by atoms with Crippen molar-refractivity contribution in [2.75, 3.05) is 7.11 Å². The molecule has 0 aliphatic heterocycles. The van der Waals surface area contributed by atoms with Crippen molar-refractivity contribution in [1.82, 2.24) is 4.57 Å². The SMILES string of the molecule is CCC(=C(C#N)C#N)c1c(Cl)n(Cc2ccc(OC)cc2)c2ccccc12. The van der Waals surface area contributed by atoms with Crippen LogP contribution in [0.25, 0.3) is 16.5 Å². The van der Waals surface area contributed by atoms with E-state index in [2.05, 4.69) is 0 Å². The number of hydrogen-bond donors (Lipinski definition) is 0. The van der Waals surface area contributed by atoms with Gasteiger partial charge in [-0.25, -0.2) is 0 Å². The molecular formula is C22H18ClN3O. The molecule has 0 bridgehead atoms. The number of aromatic nitrogens is 1. The number of hydrogen-bond acceptors (Lipinski definition) is 3. The maximum atomic E-state index is 9.35. The summed E-state index contributed by atoms with van der Waals surface area (Å²) in [5.41, 5.74) is 3.59. The van der Waals surface area contributed by atoms with Crippen LogP contribution in [0.5, 0.6) is 5.75 Å². The quantitative estimate of drug-likeness (QED) is 0.548. The second kappa shape index (κ2) is 7.99. The van der Waals surface area contributed by atoms with E-state index in [1.165, 1.54) is 0 Å². The molecule has 0 unspecified atom stereocenters. The molecule has 0 saturated carbocycles. The van der Waals surface area contributed by atoms with Crippen LogP contribution in [-0.4, -0.2) is 11.7 Å². The summed E-state index contributed by atoms with van der Waals surface area (Å²) in [4.78, 5) is 0. The highest BCUT2D eigenvalue weighted by Crippen LogP contribution is 2.38. The molecule has 0 aliphatic rings. The number of allylic oxidation sites excluding steroid dienone is 2. The van der Waals surface area contributed by atoms with Gasteiger partial charge in [0.1, 0.15) is 28.6 Å². The van der Waals surface area contributed by atoms with Gasteiger partial charge in [-0.3, -0.25) is 0 Å². The van der Waals surface area contributed by atoms with Gasteiger partial charge < -0.3 is 9.30 Å². The molecule has 27 heavy (non-hydrogen) atoms. The fourth-order valence-corrected chi connectivity index (χ4v) is 3.63. The first-order valence-corrected chi connectivity index (χ1v) is 8.95. The van der Waals surface area contributed by atoms with Gasteiger partial charge in [-0.1, -0.05) is 48.9 Å². The zero-order valence-electron chi connectivity index (χ0n) is 15.2. The van der Waals surface area contributed by atoms with Gasteiger partial charge in [0.05, 0.1) is 12.6 Å². The van der Waals surface area contributed by atoms with E-state index < -0.39 is 0 Å². The minimum atomic E-state index is 0.103. The third-order valence-electron chi connectivity index (χ3n) is 4.59. The normalized spacial score (nSPS) is 10.3. The number of rotatable bonds is 5. The third kappa shape index (κ3) is 3.40. The Morgan fingerprint density at radius 2 is 1.74 bits per heavy atom. The molecule has 5 heteroatoms. The number of methoxy groups -OCH3 is 1. The molecule has 0 aliphatic carbocycles. The second-order valence-electron chi connectivity index (χ2n) is 6.05. The van der Waals surface area contributed by atoms with Crippen molar-refractivity contribution in [2.24, 2.45) is 0 Å². The summed E-state index contributed by atoms with van der Waals surface area (Å²) in [7, 11) is 1.64. The van der Waals surface area contributed by atoms with E-state index >= 15 is 0 Å². The van der Waals surface area contributed by atoms with Crippen LogP contribution in [0.4, 0.5) is 0 Å². The number of halogens is 1. The minimum absolute atomic E-state index is 0.103. The van der Waals surface area contributed by atoms with Crippen LogP contribution < -0.4 is 4.74 Å². The molecular weight excluding hydrogens is 358 g/mol. The maximum absolute atomic E-state index is 9.35. The van der Waals surface area contributed by atoms with Crippen molar-refractivity contribution in [3.05, 3.63) is 70.4 Å². The Morgan fingerprint density at radius 1 is 1.07 bits per heavy atom. The topological polar surface area (TPSA) is 61.7 Å². The molecule has 0 N–H and O–H groups in total. The van der Waals surface area contributed by atoms with Gasteiger partial charge in [0.15, 0.2) is 0 Å². The van der Waals surface area contributed by atoms with E-state index in [1.807, 2.05) is 72.2 Å². The molecule has 3 rings (SSSR count). The Bertz CT molecular complexity index is 1080. The molecule has 0 saturated heterocycles. The van der Waals surface area contributed by atoms with E-state index in [9.17, 15) is 10.5 Å². The predicted molar refractivity (Wildman–Crippen MR) is 107 cm³/mol. The number of benzene rings is 2. The third-order valence-corrected chi connectivity index (χ3v) is 4.98. The smallest absolute Gasteiger partial charge is 0.133 e. The molecule has 0 fully saturated rings. The van der Waals surface area contributed by atoms with Crippen molar-refractivity contribution in [2.45, 2.75) is 19.9 Å². The van der Waals surface area contributed by atoms with Gasteiger partial charge in [0, 0.05) is 17.5 Å². The fraction of sp³-hybridized carbons (Fsp3) is 0.182. The van der Waals surface area contributed by atoms with Crippen molar-refractivity contribution in [3.8, 4) is 17.9 Å². The molecule has 0 spiro atoms. The lowest BCUT2D eigenvalue weighted by molar-refractivity contribution is 0.414. The summed E-state index contributed by atoms with van der Waals surface area (Å²) >= 11 is 6.78. The summed E-state index contributed by atoms with van der Waals surface area (Å²) in [6.45, 7) is 2.50. The van der Waals surface area contributed by atoms with Gasteiger partial charge in [-0.15, -0.1) is 0 Å². The van der Waals surface area contributed by atoms with Crippen molar-refractivity contribution in [1.29, 1.82) is 10.5 Å². The van der Waals surface area contributed by atoms with Crippen molar-refractivity contribution in [3.63, 3.8) is 0 Å². The van der Waals surface area contributed by atoms with Gasteiger partial charge in [0.2, 0.25) is 0 Å². The zero-order valence-corrected chi connectivity index (χ0v) is 15.9. The first kappa shape index (κ1) is 18.6. The van der Waals surface area contributed by atoms with Crippen LogP contribution in [0.1, 0.15) is 24.5 Å². The molecule has 0 amide bonds. The average molecular weight is 376 g/mol. The monoisotopic (exact) mass is 375 g/mol. The summed E-state index contributed by atoms with van der Waals surface area (Å²) in [6.07, 6.45) is 0.548. The number of ether oxygens (including phenoxy) is 1. The average Bonchev–Trinajstić information content (AvgIpc) is 2.98. The number of nitriles is 2. The lowest BCUT2D eigenvalue weighted by Crippen LogP contribution is -2.00. The van der Waals surface area contributed by atoms with E-state index in [0.29, 0.717) is 23.7 Å². The molecule has 3 aromatic rings. The molecule has 1 heterocycles. The highest BCUT2D eigenvalue weighted by Gasteiger charge is 2.20. The summed E-state index contributed by atoms with van der Waals surface area (Å²) in [5, 5.41) is 20.2. The Morgan fingerprint density at radius 3 is 2.33 bits per heavy atom. The van der Waals surface area contributed by atoms with Crippen LogP contribution in [-0.2, 0) is 6.54 Å². The molecule has 134 valence electrons. The van der Waals surface area contributed by atoms with E-state index in [-0.39, 0.29) is 5.57 Å². The Labute approximate surface area is 163 Å². The molecule has 1 aromatic heterocycles. The Kier molecular flexibility index (Phi) is 5.50. The number of nitrogens with zero attached hydrogens (tertiary/aromatic N) is 3. The first-order chi connectivity index (χ1) is 13.1. The van der Waals surface area contributed by atoms with Gasteiger partial charge in [-0.05, 0) is 35.8 Å². The van der Waals surface area contributed by atoms with Crippen molar-refractivity contribution < 1.29 is 4.74 Å². The first-order valence-electron chi connectivity index (χ1n) is 8.57. The van der Waals surface area contributed by atoms with Crippen LogP contribution in [0.15, 0.2) is 54.1 Å².